The molecule has 0 spiro atoms. The van der Waals surface area contributed by atoms with E-state index in [9.17, 15) is 60.9 Å². The Morgan fingerprint density at radius 3 is 2.04 bits per heavy atom. The lowest BCUT2D eigenvalue weighted by Crippen LogP contribution is -2.74. The highest BCUT2D eigenvalue weighted by molar-refractivity contribution is 6.32. The third-order valence-electron chi connectivity index (χ3n) is 9.43. The number of amides is 2. The molecule has 17 heteroatoms. The van der Waals surface area contributed by atoms with Gasteiger partial charge < -0.3 is 26.2 Å². The third-order valence-corrected chi connectivity index (χ3v) is 9.43. The van der Waals surface area contributed by atoms with Gasteiger partial charge in [0, 0.05) is 31.3 Å². The molecule has 0 bridgehead atoms. The van der Waals surface area contributed by atoms with Crippen LogP contribution in [0.1, 0.15) is 27.9 Å². The van der Waals surface area contributed by atoms with Crippen LogP contribution in [0.25, 0.3) is 0 Å². The molecule has 48 heavy (non-hydrogen) atoms. The smallest absolute Gasteiger partial charge is 0.235 e. The third kappa shape index (κ3) is 4.86. The van der Waals surface area contributed by atoms with Gasteiger partial charge >= 0.3 is 0 Å². The Labute approximate surface area is 268 Å². The molecule has 0 aliphatic heterocycles. The molecular formula is C31H29F5N4O8. The van der Waals surface area contributed by atoms with Gasteiger partial charge in [-0.3, -0.25) is 33.7 Å². The molecule has 5 rings (SSSR count). The van der Waals surface area contributed by atoms with E-state index in [-0.39, 0.29) is 24.1 Å². The van der Waals surface area contributed by atoms with E-state index in [4.69, 9.17) is 5.73 Å². The van der Waals surface area contributed by atoms with Crippen molar-refractivity contribution in [3.63, 3.8) is 0 Å². The molecule has 0 radical (unpaired) electrons. The number of halogens is 5. The zero-order chi connectivity index (χ0) is 35.9. The topological polar surface area (TPSA) is 187 Å². The first-order valence-corrected chi connectivity index (χ1v) is 14.5. The highest BCUT2D eigenvalue weighted by atomic mass is 19.2. The number of phenols is 1. The van der Waals surface area contributed by atoms with Crippen LogP contribution in [0, 0.1) is 52.8 Å². The monoisotopic (exact) mass is 680 g/mol. The lowest BCUT2D eigenvalue weighted by molar-refractivity contribution is -0.181. The second-order valence-corrected chi connectivity index (χ2v) is 12.6. The van der Waals surface area contributed by atoms with Crippen LogP contribution in [0.3, 0.4) is 0 Å². The number of carbonyl (C=O) groups is 6. The molecule has 5 N–H and O–H groups in total. The van der Waals surface area contributed by atoms with Gasteiger partial charge in [0.15, 0.2) is 57.9 Å². The zero-order valence-corrected chi connectivity index (χ0v) is 25.8. The predicted octanol–water partition coefficient (Wildman–Crippen LogP) is 0.810. The molecule has 0 aromatic heterocycles. The number of aliphatic hydroxyl groups is 1. The van der Waals surface area contributed by atoms with Gasteiger partial charge in [-0.25, -0.2) is 22.0 Å². The first kappa shape index (κ1) is 34.6. The van der Waals surface area contributed by atoms with E-state index in [0.717, 1.165) is 0 Å². The molecule has 2 aromatic carbocycles. The minimum atomic E-state index is -2.98. The number of primary amides is 1. The van der Waals surface area contributed by atoms with E-state index in [0.29, 0.717) is 0 Å². The summed E-state index contributed by atoms with van der Waals surface area (Å²) in [5.74, 6) is -26.0. The number of hydrogen-bond donors (Lipinski definition) is 4. The summed E-state index contributed by atoms with van der Waals surface area (Å²) in [5, 5.41) is 25.0. The van der Waals surface area contributed by atoms with Crippen molar-refractivity contribution >= 4 is 46.3 Å². The van der Waals surface area contributed by atoms with E-state index in [2.05, 4.69) is 5.32 Å². The summed E-state index contributed by atoms with van der Waals surface area (Å²) in [5.41, 5.74) is 0.247. The number of hydrogen-bond acceptors (Lipinski definition) is 10. The summed E-state index contributed by atoms with van der Waals surface area (Å²) in [4.78, 5) is 82.6. The second-order valence-electron chi connectivity index (χ2n) is 12.6. The lowest BCUT2D eigenvalue weighted by Gasteiger charge is -2.52. The van der Waals surface area contributed by atoms with Gasteiger partial charge in [-0.2, -0.15) is 0 Å². The Morgan fingerprint density at radius 1 is 0.958 bits per heavy atom. The molecule has 3 aliphatic carbocycles. The number of benzene rings is 2. The summed E-state index contributed by atoms with van der Waals surface area (Å²) >= 11 is 0. The Hall–Kier alpha value is -4.77. The quantitative estimate of drug-likeness (QED) is 0.112. The van der Waals surface area contributed by atoms with Gasteiger partial charge in [-0.05, 0) is 44.5 Å². The number of ketones is 4. The molecule has 4 unspecified atom stereocenters. The second kappa shape index (κ2) is 11.7. The maximum atomic E-state index is 14.2. The summed E-state index contributed by atoms with van der Waals surface area (Å²) in [6.45, 7) is 0. The van der Waals surface area contributed by atoms with Crippen LogP contribution in [-0.2, 0) is 36.8 Å². The van der Waals surface area contributed by atoms with Gasteiger partial charge in [0.2, 0.25) is 17.6 Å². The molecule has 2 aromatic rings. The van der Waals surface area contributed by atoms with Crippen LogP contribution < -0.4 is 16.0 Å². The Morgan fingerprint density at radius 2 is 1.52 bits per heavy atom. The summed E-state index contributed by atoms with van der Waals surface area (Å²) in [7, 11) is 5.94. The maximum absolute atomic E-state index is 14.2. The first-order valence-electron chi connectivity index (χ1n) is 14.5. The standard InChI is InChI=1S/C31H29F5N4O8/c1-39(2)14-8-13(38-15(41)7-11-19(32)21(34)23(36)22(35)20(11)33)25(42)17-10(14)5-9-6-12-24(40(3)4)27(44)18(30(37)47)29(46)31(12,48)28(45)16(9)26(17)43/h8-9,12,16,18,24,42,48H,5-7H2,1-4H3,(H2,37,47)(H,38,41)/t9?,12?,16?,18?,24-,31-/m0/s1. The van der Waals surface area contributed by atoms with Crippen molar-refractivity contribution in [2.75, 3.05) is 38.4 Å². The number of likely N-dealkylation sites (N-methyl/N-ethyl adjacent to an activating group) is 1. The number of fused-ring (bicyclic) bond motifs is 3. The summed E-state index contributed by atoms with van der Waals surface area (Å²) in [6.07, 6.45) is -1.69. The van der Waals surface area contributed by atoms with Crippen LogP contribution in [0.4, 0.5) is 33.3 Å². The van der Waals surface area contributed by atoms with Gasteiger partial charge in [-0.15, -0.1) is 0 Å². The van der Waals surface area contributed by atoms with Crippen LogP contribution in [-0.4, -0.2) is 89.9 Å². The number of Topliss-reactive ketones (excluding diaryl/α,β-unsaturated/α-hetero) is 4. The number of aromatic hydroxyl groups is 1. The number of carbonyl (C=O) groups excluding carboxylic acids is 6. The number of nitrogens with two attached hydrogens (primary N) is 1. The molecule has 0 saturated heterocycles. The van der Waals surface area contributed by atoms with Crippen LogP contribution >= 0.6 is 0 Å². The van der Waals surface area contributed by atoms with E-state index in [1.807, 2.05) is 0 Å². The van der Waals surface area contributed by atoms with Crippen molar-refractivity contribution in [1.29, 1.82) is 0 Å². The minimum absolute atomic E-state index is 0.105. The minimum Gasteiger partial charge on any atom is -0.505 e. The largest absolute Gasteiger partial charge is 0.505 e. The van der Waals surface area contributed by atoms with Crippen molar-refractivity contribution in [3.8, 4) is 5.75 Å². The Kier molecular flexibility index (Phi) is 8.45. The van der Waals surface area contributed by atoms with Crippen molar-refractivity contribution in [1.82, 2.24) is 4.90 Å². The normalized spacial score (nSPS) is 26.6. The van der Waals surface area contributed by atoms with E-state index in [1.165, 1.54) is 44.1 Å². The van der Waals surface area contributed by atoms with Crippen LogP contribution in [0.2, 0.25) is 0 Å². The molecule has 6 atom stereocenters. The average molecular weight is 681 g/mol. The summed E-state index contributed by atoms with van der Waals surface area (Å²) < 4.78 is 69.3. The van der Waals surface area contributed by atoms with Gasteiger partial charge in [0.05, 0.1) is 29.6 Å². The number of nitrogens with one attached hydrogen (secondary N) is 1. The van der Waals surface area contributed by atoms with E-state index < -0.39 is 128 Å². The summed E-state index contributed by atoms with van der Waals surface area (Å²) in [6, 6.07) is -0.115. The molecule has 2 fully saturated rings. The zero-order valence-electron chi connectivity index (χ0n) is 25.8. The maximum Gasteiger partial charge on any atom is 0.235 e. The number of anilines is 2. The van der Waals surface area contributed by atoms with Crippen LogP contribution in [0.5, 0.6) is 5.75 Å². The highest BCUT2D eigenvalue weighted by Crippen LogP contribution is 2.52. The highest BCUT2D eigenvalue weighted by Gasteiger charge is 2.69. The van der Waals surface area contributed by atoms with Crippen LogP contribution in [0.15, 0.2) is 6.07 Å². The fourth-order valence-electron chi connectivity index (χ4n) is 7.31. The number of nitrogens with zero attached hydrogens (tertiary/aromatic N) is 2. The molecule has 3 aliphatic rings. The molecule has 2 saturated carbocycles. The fraction of sp³-hybridized carbons (Fsp3) is 0.419. The molecule has 12 nitrogen and oxygen atoms in total. The lowest BCUT2D eigenvalue weighted by atomic mass is 9.52. The first-order chi connectivity index (χ1) is 22.3. The van der Waals surface area contributed by atoms with Crippen molar-refractivity contribution in [2.24, 2.45) is 29.4 Å². The molecule has 256 valence electrons. The molecule has 2 amide bonds. The number of rotatable bonds is 6. The number of phenolic OH excluding ortho intramolecular Hbond substituents is 1. The van der Waals surface area contributed by atoms with E-state index >= 15 is 0 Å². The van der Waals surface area contributed by atoms with Crippen molar-refractivity contribution in [3.05, 3.63) is 51.8 Å². The molecule has 0 heterocycles. The fourth-order valence-corrected chi connectivity index (χ4v) is 7.31. The van der Waals surface area contributed by atoms with Gasteiger partial charge in [-0.1, -0.05) is 0 Å². The Balaban J connectivity index is 1.57. The SMILES string of the molecule is CN(C)c1cc(NC(=O)Cc2c(F)c(F)c(F)c(F)c2F)c(O)c2c1CC1CC3[C@H](N(C)C)C(=O)C(C(N)=O)C(=O)[C@@]3(O)C(=O)C1C2=O. The van der Waals surface area contributed by atoms with Gasteiger partial charge in [0.25, 0.3) is 0 Å². The predicted molar refractivity (Wildman–Crippen MR) is 154 cm³/mol. The van der Waals surface area contributed by atoms with Crippen molar-refractivity contribution < 1.29 is 60.9 Å². The molecular weight excluding hydrogens is 651 g/mol. The van der Waals surface area contributed by atoms with Crippen molar-refractivity contribution in [2.45, 2.75) is 30.9 Å². The van der Waals surface area contributed by atoms with Gasteiger partial charge in [0.1, 0.15) is 5.75 Å². The Bertz CT molecular complexity index is 1820. The average Bonchev–Trinajstić information content (AvgIpc) is 2.99. The van der Waals surface area contributed by atoms with E-state index in [1.54, 1.807) is 0 Å².